The molecule has 0 spiro atoms. The molecule has 1 saturated heterocycles. The second kappa shape index (κ2) is 7.38. The molecular formula is C15H23N3O3. The molecule has 0 aromatic heterocycles. The summed E-state index contributed by atoms with van der Waals surface area (Å²) < 4.78 is 0. The highest BCUT2D eigenvalue weighted by atomic mass is 16.6. The Morgan fingerprint density at radius 1 is 1.48 bits per heavy atom. The van der Waals surface area contributed by atoms with E-state index in [2.05, 4.69) is 10.2 Å². The number of rotatable bonds is 6. The Labute approximate surface area is 124 Å². The lowest BCUT2D eigenvalue weighted by molar-refractivity contribution is -0.384. The van der Waals surface area contributed by atoms with Crippen molar-refractivity contribution < 1.29 is 10.0 Å². The normalized spacial score (nSPS) is 19.4. The summed E-state index contributed by atoms with van der Waals surface area (Å²) in [5.74, 6) is 0. The highest BCUT2D eigenvalue weighted by Gasteiger charge is 2.22. The fourth-order valence-corrected chi connectivity index (χ4v) is 3.02. The van der Waals surface area contributed by atoms with Crippen molar-refractivity contribution in [2.24, 2.45) is 0 Å². The summed E-state index contributed by atoms with van der Waals surface area (Å²) in [4.78, 5) is 13.0. The molecule has 1 aromatic carbocycles. The van der Waals surface area contributed by atoms with Crippen molar-refractivity contribution >= 4 is 11.4 Å². The molecule has 2 rings (SSSR count). The smallest absolute Gasteiger partial charge is 0.292 e. The number of piperidine rings is 1. The molecule has 21 heavy (non-hydrogen) atoms. The summed E-state index contributed by atoms with van der Waals surface area (Å²) in [6.07, 6.45) is 4.30. The quantitative estimate of drug-likeness (QED) is 0.622. The van der Waals surface area contributed by atoms with E-state index in [4.69, 9.17) is 0 Å². The van der Waals surface area contributed by atoms with Gasteiger partial charge < -0.3 is 10.4 Å². The Hall–Kier alpha value is -1.66. The van der Waals surface area contributed by atoms with Crippen molar-refractivity contribution in [3.05, 3.63) is 33.9 Å². The second-order valence-corrected chi connectivity index (χ2v) is 5.49. The van der Waals surface area contributed by atoms with E-state index in [0.29, 0.717) is 11.7 Å². The number of aliphatic hydroxyl groups excluding tert-OH is 1. The van der Waals surface area contributed by atoms with E-state index < -0.39 is 0 Å². The third-order valence-corrected chi connectivity index (χ3v) is 4.12. The van der Waals surface area contributed by atoms with Gasteiger partial charge in [-0.15, -0.1) is 0 Å². The summed E-state index contributed by atoms with van der Waals surface area (Å²) in [5.41, 5.74) is 1.72. The number of hydrogen-bond acceptors (Lipinski definition) is 5. The van der Waals surface area contributed by atoms with Gasteiger partial charge in [0, 0.05) is 32.3 Å². The third-order valence-electron chi connectivity index (χ3n) is 4.12. The number of nitro groups is 1. The van der Waals surface area contributed by atoms with Crippen LogP contribution in [0.15, 0.2) is 18.2 Å². The zero-order valence-corrected chi connectivity index (χ0v) is 12.4. The lowest BCUT2D eigenvalue weighted by Gasteiger charge is -2.35. The second-order valence-electron chi connectivity index (χ2n) is 5.49. The van der Waals surface area contributed by atoms with E-state index in [1.54, 1.807) is 13.1 Å². The Bertz CT molecular complexity index is 491. The molecule has 0 bridgehead atoms. The van der Waals surface area contributed by atoms with Crippen LogP contribution in [0.3, 0.4) is 0 Å². The van der Waals surface area contributed by atoms with Gasteiger partial charge >= 0.3 is 0 Å². The van der Waals surface area contributed by atoms with E-state index in [-0.39, 0.29) is 17.2 Å². The SMILES string of the molecule is CNc1cc(CN2CCCCC2CCO)ccc1[N+](=O)[O-]. The molecule has 116 valence electrons. The molecule has 1 aliphatic rings. The van der Waals surface area contributed by atoms with Gasteiger partial charge in [0.05, 0.1) is 4.92 Å². The molecule has 0 aliphatic carbocycles. The number of hydrogen-bond donors (Lipinski definition) is 2. The molecule has 6 heteroatoms. The van der Waals surface area contributed by atoms with E-state index in [1.165, 1.54) is 12.8 Å². The van der Waals surface area contributed by atoms with Crippen LogP contribution in [-0.2, 0) is 6.54 Å². The first-order chi connectivity index (χ1) is 10.2. The maximum absolute atomic E-state index is 10.9. The highest BCUT2D eigenvalue weighted by molar-refractivity contribution is 5.62. The van der Waals surface area contributed by atoms with Gasteiger partial charge in [0.25, 0.3) is 5.69 Å². The Kier molecular flexibility index (Phi) is 5.52. The average Bonchev–Trinajstić information content (AvgIpc) is 2.49. The topological polar surface area (TPSA) is 78.6 Å². The van der Waals surface area contributed by atoms with Crippen LogP contribution in [0.1, 0.15) is 31.2 Å². The molecule has 0 amide bonds. The van der Waals surface area contributed by atoms with Gasteiger partial charge in [-0.05, 0) is 37.4 Å². The zero-order valence-electron chi connectivity index (χ0n) is 12.4. The van der Waals surface area contributed by atoms with Gasteiger partial charge in [-0.25, -0.2) is 0 Å². The molecule has 0 radical (unpaired) electrons. The van der Waals surface area contributed by atoms with Gasteiger partial charge in [-0.2, -0.15) is 0 Å². The van der Waals surface area contributed by atoms with Crippen LogP contribution in [0.25, 0.3) is 0 Å². The number of likely N-dealkylation sites (tertiary alicyclic amines) is 1. The van der Waals surface area contributed by atoms with Gasteiger partial charge in [0.2, 0.25) is 0 Å². The minimum Gasteiger partial charge on any atom is -0.396 e. The summed E-state index contributed by atoms with van der Waals surface area (Å²) in [6.45, 7) is 2.01. The molecule has 1 aliphatic heterocycles. The molecule has 1 unspecified atom stereocenters. The fraction of sp³-hybridized carbons (Fsp3) is 0.600. The lowest BCUT2D eigenvalue weighted by Crippen LogP contribution is -2.39. The lowest BCUT2D eigenvalue weighted by atomic mass is 9.98. The van der Waals surface area contributed by atoms with Crippen molar-refractivity contribution in [1.82, 2.24) is 4.90 Å². The van der Waals surface area contributed by atoms with Crippen molar-refractivity contribution in [3.63, 3.8) is 0 Å². The highest BCUT2D eigenvalue weighted by Crippen LogP contribution is 2.27. The maximum Gasteiger partial charge on any atom is 0.292 e. The number of nitrogens with zero attached hydrogens (tertiary/aromatic N) is 2. The predicted molar refractivity (Wildman–Crippen MR) is 82.4 cm³/mol. The van der Waals surface area contributed by atoms with Crippen molar-refractivity contribution in [2.75, 3.05) is 25.5 Å². The molecule has 6 nitrogen and oxygen atoms in total. The van der Waals surface area contributed by atoms with Crippen molar-refractivity contribution in [2.45, 2.75) is 38.3 Å². The molecule has 0 saturated carbocycles. The average molecular weight is 293 g/mol. The first-order valence-corrected chi connectivity index (χ1v) is 7.45. The first kappa shape index (κ1) is 15.7. The number of benzene rings is 1. The first-order valence-electron chi connectivity index (χ1n) is 7.45. The van der Waals surface area contributed by atoms with E-state index in [9.17, 15) is 15.2 Å². The number of anilines is 1. The summed E-state index contributed by atoms with van der Waals surface area (Å²) in [5, 5.41) is 23.0. The largest absolute Gasteiger partial charge is 0.396 e. The molecule has 1 heterocycles. The Morgan fingerprint density at radius 2 is 2.29 bits per heavy atom. The van der Waals surface area contributed by atoms with Crippen LogP contribution >= 0.6 is 0 Å². The molecule has 2 N–H and O–H groups in total. The Morgan fingerprint density at radius 3 is 2.95 bits per heavy atom. The molecular weight excluding hydrogens is 270 g/mol. The van der Waals surface area contributed by atoms with Crippen LogP contribution < -0.4 is 5.32 Å². The number of aliphatic hydroxyl groups is 1. The van der Waals surface area contributed by atoms with Gasteiger partial charge in [-0.3, -0.25) is 15.0 Å². The zero-order chi connectivity index (χ0) is 15.2. The van der Waals surface area contributed by atoms with E-state index >= 15 is 0 Å². The number of nitrogens with one attached hydrogen (secondary N) is 1. The van der Waals surface area contributed by atoms with Crippen LogP contribution in [0, 0.1) is 10.1 Å². The Balaban J connectivity index is 2.12. The monoisotopic (exact) mass is 293 g/mol. The maximum atomic E-state index is 10.9. The minimum atomic E-state index is -0.370. The molecule has 1 atom stereocenters. The summed E-state index contributed by atoms with van der Waals surface area (Å²) in [6, 6.07) is 5.65. The van der Waals surface area contributed by atoms with Gasteiger partial charge in [0.1, 0.15) is 5.69 Å². The summed E-state index contributed by atoms with van der Waals surface area (Å²) in [7, 11) is 1.70. The molecule has 1 aromatic rings. The van der Waals surface area contributed by atoms with Crippen LogP contribution in [0.5, 0.6) is 0 Å². The van der Waals surface area contributed by atoms with E-state index in [1.807, 2.05) is 12.1 Å². The predicted octanol–water partition coefficient (Wildman–Crippen LogP) is 2.37. The van der Waals surface area contributed by atoms with Crippen LogP contribution in [0.4, 0.5) is 11.4 Å². The van der Waals surface area contributed by atoms with Crippen molar-refractivity contribution in [1.29, 1.82) is 0 Å². The number of nitro benzene ring substituents is 1. The fourth-order valence-electron chi connectivity index (χ4n) is 3.02. The summed E-state index contributed by atoms with van der Waals surface area (Å²) >= 11 is 0. The van der Waals surface area contributed by atoms with Crippen molar-refractivity contribution in [3.8, 4) is 0 Å². The standard InChI is InChI=1S/C15H23N3O3/c1-16-14-10-12(5-6-15(14)18(20)21)11-17-8-3-2-4-13(17)7-9-19/h5-6,10,13,16,19H,2-4,7-9,11H2,1H3. The van der Waals surface area contributed by atoms with Gasteiger partial charge in [0.15, 0.2) is 0 Å². The minimum absolute atomic E-state index is 0.104. The van der Waals surface area contributed by atoms with Crippen LogP contribution in [-0.4, -0.2) is 41.2 Å². The van der Waals surface area contributed by atoms with E-state index in [0.717, 1.165) is 31.5 Å². The third kappa shape index (κ3) is 3.92. The van der Waals surface area contributed by atoms with Crippen LogP contribution in [0.2, 0.25) is 0 Å². The van der Waals surface area contributed by atoms with Gasteiger partial charge in [-0.1, -0.05) is 12.5 Å². The molecule has 1 fully saturated rings.